The van der Waals surface area contributed by atoms with E-state index in [4.69, 9.17) is 14.2 Å². The molecule has 0 aliphatic carbocycles. The van der Waals surface area contributed by atoms with Crippen molar-refractivity contribution in [2.75, 3.05) is 13.2 Å². The Hall–Kier alpha value is -3.07. The maximum atomic E-state index is 12.2. The fraction of sp³-hybridized carbons (Fsp3) is 0.231. The molecule has 0 spiro atoms. The molecule has 0 atom stereocenters. The van der Waals surface area contributed by atoms with Gasteiger partial charge in [-0.3, -0.25) is 4.79 Å². The minimum atomic E-state index is -0.196. The van der Waals surface area contributed by atoms with Crippen molar-refractivity contribution in [3.8, 4) is 17.2 Å². The van der Waals surface area contributed by atoms with Crippen LogP contribution in [0.15, 0.2) is 71.8 Å². The van der Waals surface area contributed by atoms with Crippen LogP contribution in [0.3, 0.4) is 0 Å². The molecule has 3 aromatic rings. The molecule has 6 nitrogen and oxygen atoms in total. The number of rotatable bonds is 11. The molecule has 0 saturated heterocycles. The molecule has 0 aromatic heterocycles. The zero-order chi connectivity index (χ0) is 23.5. The summed E-state index contributed by atoms with van der Waals surface area (Å²) in [6.07, 6.45) is 1.83. The first kappa shape index (κ1) is 24.6. The summed E-state index contributed by atoms with van der Waals surface area (Å²) in [5.74, 6) is 1.93. The van der Waals surface area contributed by atoms with Crippen LogP contribution in [0.2, 0.25) is 0 Å². The van der Waals surface area contributed by atoms with Gasteiger partial charge in [-0.2, -0.15) is 5.10 Å². The van der Waals surface area contributed by atoms with Crippen molar-refractivity contribution in [2.24, 2.45) is 5.10 Å². The molecule has 1 amide bonds. The Morgan fingerprint density at radius 3 is 2.36 bits per heavy atom. The topological polar surface area (TPSA) is 69.2 Å². The second-order valence-electron chi connectivity index (χ2n) is 7.08. The number of nitrogens with one attached hydrogen (secondary N) is 1. The molecule has 0 aliphatic rings. The fourth-order valence-corrected chi connectivity index (χ4v) is 3.85. The Morgan fingerprint density at radius 1 is 0.939 bits per heavy atom. The highest BCUT2D eigenvalue weighted by molar-refractivity contribution is 14.1. The van der Waals surface area contributed by atoms with Crippen LogP contribution >= 0.6 is 22.6 Å². The van der Waals surface area contributed by atoms with Crippen molar-refractivity contribution in [2.45, 2.75) is 26.9 Å². The fourth-order valence-electron chi connectivity index (χ4n) is 3.07. The third kappa shape index (κ3) is 7.78. The molecule has 0 bridgehead atoms. The summed E-state index contributed by atoms with van der Waals surface area (Å²) >= 11 is 2.22. The van der Waals surface area contributed by atoms with Crippen molar-refractivity contribution in [1.29, 1.82) is 0 Å². The molecule has 0 fully saturated rings. The van der Waals surface area contributed by atoms with Gasteiger partial charge in [0, 0.05) is 0 Å². The number of ether oxygens (including phenoxy) is 3. The van der Waals surface area contributed by atoms with Crippen LogP contribution in [0.4, 0.5) is 0 Å². The number of hydrazone groups is 1. The number of nitrogens with zero attached hydrogens (tertiary/aromatic N) is 1. The van der Waals surface area contributed by atoms with Gasteiger partial charge in [0.2, 0.25) is 5.91 Å². The van der Waals surface area contributed by atoms with Gasteiger partial charge in [-0.1, -0.05) is 42.5 Å². The number of halogens is 1. The number of hydrogen-bond donors (Lipinski definition) is 1. The first-order valence-electron chi connectivity index (χ1n) is 10.8. The SMILES string of the molecule is CCOc1ccc(CC(=O)N/N=C/c2cc(I)c(OCc3ccccc3)c(OCC)c2)cc1. The standard InChI is InChI=1S/C26H27IN2O4/c1-3-31-22-12-10-19(11-13-22)16-25(30)29-28-17-21-14-23(27)26(24(15-21)32-4-2)33-18-20-8-6-5-7-9-20/h5-15,17H,3-4,16,18H2,1-2H3,(H,29,30)/b28-17+. The average molecular weight is 558 g/mol. The van der Waals surface area contributed by atoms with Crippen LogP contribution in [-0.4, -0.2) is 25.3 Å². The third-order valence-corrected chi connectivity index (χ3v) is 5.36. The highest BCUT2D eigenvalue weighted by atomic mass is 127. The van der Waals surface area contributed by atoms with Crippen LogP contribution in [0.25, 0.3) is 0 Å². The molecule has 33 heavy (non-hydrogen) atoms. The van der Waals surface area contributed by atoms with E-state index < -0.39 is 0 Å². The Balaban J connectivity index is 1.61. The van der Waals surface area contributed by atoms with Crippen LogP contribution in [0.5, 0.6) is 17.2 Å². The minimum absolute atomic E-state index is 0.196. The second kappa shape index (κ2) is 12.8. The highest BCUT2D eigenvalue weighted by Crippen LogP contribution is 2.34. The number of hydrogen-bond acceptors (Lipinski definition) is 5. The van der Waals surface area contributed by atoms with Crippen LogP contribution < -0.4 is 19.6 Å². The Kier molecular flexibility index (Phi) is 9.56. The minimum Gasteiger partial charge on any atom is -0.494 e. The van der Waals surface area contributed by atoms with Crippen LogP contribution in [0, 0.1) is 3.57 Å². The number of amides is 1. The predicted molar refractivity (Wildman–Crippen MR) is 138 cm³/mol. The van der Waals surface area contributed by atoms with E-state index in [0.717, 1.165) is 26.0 Å². The zero-order valence-corrected chi connectivity index (χ0v) is 20.9. The summed E-state index contributed by atoms with van der Waals surface area (Å²) in [5, 5.41) is 4.10. The molecular formula is C26H27IN2O4. The summed E-state index contributed by atoms with van der Waals surface area (Å²) in [6, 6.07) is 21.2. The van der Waals surface area contributed by atoms with Gasteiger partial charge in [0.1, 0.15) is 12.4 Å². The monoisotopic (exact) mass is 558 g/mol. The van der Waals surface area contributed by atoms with Crippen molar-refractivity contribution < 1.29 is 19.0 Å². The van der Waals surface area contributed by atoms with Crippen molar-refractivity contribution in [1.82, 2.24) is 5.43 Å². The van der Waals surface area contributed by atoms with Crippen molar-refractivity contribution in [3.05, 3.63) is 87.0 Å². The Labute approximate surface area is 208 Å². The molecule has 172 valence electrons. The molecule has 0 aliphatic heterocycles. The van der Waals surface area contributed by atoms with E-state index in [-0.39, 0.29) is 12.3 Å². The molecule has 0 unspecified atom stereocenters. The van der Waals surface area contributed by atoms with Gasteiger partial charge >= 0.3 is 0 Å². The number of carbonyl (C=O) groups is 1. The van der Waals surface area contributed by atoms with Crippen molar-refractivity contribution in [3.63, 3.8) is 0 Å². The Morgan fingerprint density at radius 2 is 1.67 bits per heavy atom. The molecule has 0 heterocycles. The van der Waals surface area contributed by atoms with E-state index in [0.29, 0.717) is 31.3 Å². The second-order valence-corrected chi connectivity index (χ2v) is 8.25. The lowest BCUT2D eigenvalue weighted by molar-refractivity contribution is -0.120. The molecule has 3 aromatic carbocycles. The maximum absolute atomic E-state index is 12.2. The van der Waals surface area contributed by atoms with Crippen molar-refractivity contribution >= 4 is 34.7 Å². The van der Waals surface area contributed by atoms with Gasteiger partial charge in [-0.15, -0.1) is 0 Å². The van der Waals surface area contributed by atoms with Crippen LogP contribution in [0.1, 0.15) is 30.5 Å². The van der Waals surface area contributed by atoms with E-state index in [1.54, 1.807) is 6.21 Å². The molecular weight excluding hydrogens is 531 g/mol. The van der Waals surface area contributed by atoms with Gasteiger partial charge in [0.25, 0.3) is 0 Å². The lowest BCUT2D eigenvalue weighted by Gasteiger charge is -2.14. The smallest absolute Gasteiger partial charge is 0.244 e. The van der Waals surface area contributed by atoms with E-state index in [1.807, 2.05) is 80.6 Å². The highest BCUT2D eigenvalue weighted by Gasteiger charge is 2.12. The zero-order valence-electron chi connectivity index (χ0n) is 18.7. The van der Waals surface area contributed by atoms with Gasteiger partial charge in [0.05, 0.1) is 29.4 Å². The quantitative estimate of drug-likeness (QED) is 0.196. The van der Waals surface area contributed by atoms with Gasteiger partial charge in [0.15, 0.2) is 11.5 Å². The normalized spacial score (nSPS) is 10.8. The third-order valence-electron chi connectivity index (χ3n) is 4.56. The summed E-state index contributed by atoms with van der Waals surface area (Å²) in [5.41, 5.74) is 5.35. The molecule has 7 heteroatoms. The molecule has 0 radical (unpaired) electrons. The molecule has 0 saturated carbocycles. The van der Waals surface area contributed by atoms with E-state index >= 15 is 0 Å². The first-order valence-corrected chi connectivity index (χ1v) is 11.8. The summed E-state index contributed by atoms with van der Waals surface area (Å²) in [6.45, 7) is 5.43. The van der Waals surface area contributed by atoms with Gasteiger partial charge < -0.3 is 14.2 Å². The number of carbonyl (C=O) groups excluding carboxylic acids is 1. The van der Waals surface area contributed by atoms with Gasteiger partial charge in [-0.25, -0.2) is 5.43 Å². The predicted octanol–water partition coefficient (Wildman–Crippen LogP) is 5.36. The van der Waals surface area contributed by atoms with E-state index in [9.17, 15) is 4.79 Å². The largest absolute Gasteiger partial charge is 0.494 e. The summed E-state index contributed by atoms with van der Waals surface area (Å²) in [7, 11) is 0. The Bertz CT molecular complexity index is 1070. The number of benzene rings is 3. The average Bonchev–Trinajstić information content (AvgIpc) is 2.81. The van der Waals surface area contributed by atoms with E-state index in [2.05, 4.69) is 33.1 Å². The van der Waals surface area contributed by atoms with Crippen LogP contribution in [-0.2, 0) is 17.8 Å². The molecule has 1 N–H and O–H groups in total. The summed E-state index contributed by atoms with van der Waals surface area (Å²) < 4.78 is 18.1. The molecule has 3 rings (SSSR count). The van der Waals surface area contributed by atoms with E-state index in [1.165, 1.54) is 0 Å². The van der Waals surface area contributed by atoms with Gasteiger partial charge in [-0.05, 0) is 77.4 Å². The summed E-state index contributed by atoms with van der Waals surface area (Å²) in [4.78, 5) is 12.2. The first-order chi connectivity index (χ1) is 16.1. The lowest BCUT2D eigenvalue weighted by Crippen LogP contribution is -2.19. The maximum Gasteiger partial charge on any atom is 0.244 e. The lowest BCUT2D eigenvalue weighted by atomic mass is 10.1.